The summed E-state index contributed by atoms with van der Waals surface area (Å²) >= 11 is 0. The average molecular weight is 254 g/mol. The summed E-state index contributed by atoms with van der Waals surface area (Å²) in [6, 6.07) is 3.92. The number of anilines is 1. The van der Waals surface area contributed by atoms with Crippen molar-refractivity contribution in [1.29, 1.82) is 0 Å². The maximum Gasteiger partial charge on any atom is 0.163 e. The fourth-order valence-corrected chi connectivity index (χ4v) is 2.60. The van der Waals surface area contributed by atoms with Gasteiger partial charge in [0.15, 0.2) is 5.82 Å². The Kier molecular flexibility index (Phi) is 3.40. The molecule has 0 saturated carbocycles. The van der Waals surface area contributed by atoms with Crippen molar-refractivity contribution in [2.45, 2.75) is 32.1 Å². The molecule has 0 aliphatic heterocycles. The molecule has 0 fully saturated rings. The van der Waals surface area contributed by atoms with Gasteiger partial charge in [0, 0.05) is 36.3 Å². The highest BCUT2D eigenvalue weighted by molar-refractivity contribution is 5.59. The molecule has 3 rings (SSSR count). The molecule has 0 unspecified atom stereocenters. The summed E-state index contributed by atoms with van der Waals surface area (Å²) in [6.45, 7) is 0. The van der Waals surface area contributed by atoms with Gasteiger partial charge >= 0.3 is 0 Å². The molecular weight excluding hydrogens is 236 g/mol. The second kappa shape index (κ2) is 5.34. The third kappa shape index (κ3) is 2.43. The SMILES string of the molecule is CNc1nc(-c2cccnc2)nc2c1CCCCC2. The normalized spacial score (nSPS) is 14.6. The van der Waals surface area contributed by atoms with Gasteiger partial charge in [0.1, 0.15) is 5.82 Å². The van der Waals surface area contributed by atoms with E-state index in [-0.39, 0.29) is 0 Å². The Bertz CT molecular complexity index is 566. The number of hydrogen-bond acceptors (Lipinski definition) is 4. The van der Waals surface area contributed by atoms with E-state index in [0.29, 0.717) is 0 Å². The topological polar surface area (TPSA) is 50.7 Å². The summed E-state index contributed by atoms with van der Waals surface area (Å²) in [7, 11) is 1.93. The third-order valence-corrected chi connectivity index (χ3v) is 3.59. The predicted octanol–water partition coefficient (Wildman–Crippen LogP) is 2.85. The zero-order valence-electron chi connectivity index (χ0n) is 11.2. The standard InChI is InChI=1S/C15H18N4/c1-16-15-12-7-3-2-4-8-13(12)18-14(19-15)11-6-5-9-17-10-11/h5-6,9-10H,2-4,7-8H2,1H3,(H,16,18,19). The number of aromatic nitrogens is 3. The molecule has 0 radical (unpaired) electrons. The van der Waals surface area contributed by atoms with Gasteiger partial charge < -0.3 is 5.32 Å². The second-order valence-electron chi connectivity index (χ2n) is 4.87. The van der Waals surface area contributed by atoms with Gasteiger partial charge in [-0.3, -0.25) is 4.98 Å². The van der Waals surface area contributed by atoms with Crippen LogP contribution in [0.4, 0.5) is 5.82 Å². The minimum absolute atomic E-state index is 0.776. The highest BCUT2D eigenvalue weighted by atomic mass is 15.0. The van der Waals surface area contributed by atoms with Gasteiger partial charge in [-0.05, 0) is 37.8 Å². The van der Waals surface area contributed by atoms with Gasteiger partial charge in [-0.2, -0.15) is 0 Å². The van der Waals surface area contributed by atoms with Crippen molar-refractivity contribution in [3.63, 3.8) is 0 Å². The molecule has 19 heavy (non-hydrogen) atoms. The quantitative estimate of drug-likeness (QED) is 0.837. The van der Waals surface area contributed by atoms with Gasteiger partial charge in [0.25, 0.3) is 0 Å². The summed E-state index contributed by atoms with van der Waals surface area (Å²) in [6.07, 6.45) is 9.46. The second-order valence-corrected chi connectivity index (χ2v) is 4.87. The Labute approximate surface area is 113 Å². The van der Waals surface area contributed by atoms with Crippen molar-refractivity contribution in [3.8, 4) is 11.4 Å². The molecule has 0 saturated heterocycles. The van der Waals surface area contributed by atoms with Crippen LogP contribution < -0.4 is 5.32 Å². The first-order chi connectivity index (χ1) is 9.38. The molecule has 2 aromatic rings. The monoisotopic (exact) mass is 254 g/mol. The van der Waals surface area contributed by atoms with Crippen molar-refractivity contribution < 1.29 is 0 Å². The number of hydrogen-bond donors (Lipinski definition) is 1. The molecule has 0 amide bonds. The van der Waals surface area contributed by atoms with E-state index in [1.807, 2.05) is 25.4 Å². The van der Waals surface area contributed by atoms with E-state index in [9.17, 15) is 0 Å². The molecule has 1 aliphatic carbocycles. The maximum absolute atomic E-state index is 4.76. The highest BCUT2D eigenvalue weighted by Crippen LogP contribution is 2.27. The van der Waals surface area contributed by atoms with Gasteiger partial charge in [0.05, 0.1) is 0 Å². The minimum atomic E-state index is 0.776. The van der Waals surface area contributed by atoms with E-state index >= 15 is 0 Å². The van der Waals surface area contributed by atoms with Crippen LogP contribution in [0.15, 0.2) is 24.5 Å². The molecule has 0 bridgehead atoms. The van der Waals surface area contributed by atoms with E-state index in [1.54, 1.807) is 6.20 Å². The Morgan fingerprint density at radius 3 is 2.79 bits per heavy atom. The number of aryl methyl sites for hydroxylation is 1. The van der Waals surface area contributed by atoms with E-state index in [0.717, 1.165) is 30.0 Å². The Morgan fingerprint density at radius 2 is 2.00 bits per heavy atom. The van der Waals surface area contributed by atoms with Crippen LogP contribution in [-0.2, 0) is 12.8 Å². The lowest BCUT2D eigenvalue weighted by Crippen LogP contribution is -2.06. The van der Waals surface area contributed by atoms with Crippen LogP contribution in [0.25, 0.3) is 11.4 Å². The summed E-state index contributed by atoms with van der Waals surface area (Å²) in [5, 5.41) is 3.22. The molecule has 0 aromatic carbocycles. The minimum Gasteiger partial charge on any atom is -0.373 e. The fraction of sp³-hybridized carbons (Fsp3) is 0.400. The molecule has 4 heteroatoms. The summed E-state index contributed by atoms with van der Waals surface area (Å²) < 4.78 is 0. The van der Waals surface area contributed by atoms with Gasteiger partial charge in [0.2, 0.25) is 0 Å². The number of nitrogens with one attached hydrogen (secondary N) is 1. The van der Waals surface area contributed by atoms with E-state index < -0.39 is 0 Å². The molecule has 1 N–H and O–H groups in total. The molecule has 98 valence electrons. The summed E-state index contributed by atoms with van der Waals surface area (Å²) in [4.78, 5) is 13.6. The van der Waals surface area contributed by atoms with E-state index in [2.05, 4.69) is 15.3 Å². The summed E-state index contributed by atoms with van der Waals surface area (Å²) in [5.74, 6) is 1.75. The summed E-state index contributed by atoms with van der Waals surface area (Å²) in [5.41, 5.74) is 3.48. The fourth-order valence-electron chi connectivity index (χ4n) is 2.60. The molecule has 2 heterocycles. The van der Waals surface area contributed by atoms with Crippen LogP contribution in [0.2, 0.25) is 0 Å². The lowest BCUT2D eigenvalue weighted by molar-refractivity contribution is 0.709. The largest absolute Gasteiger partial charge is 0.373 e. The van der Waals surface area contributed by atoms with Crippen LogP contribution >= 0.6 is 0 Å². The molecule has 0 spiro atoms. The van der Waals surface area contributed by atoms with Crippen LogP contribution in [0.3, 0.4) is 0 Å². The molecule has 0 atom stereocenters. The molecular formula is C15H18N4. The van der Waals surface area contributed by atoms with Crippen molar-refractivity contribution in [2.24, 2.45) is 0 Å². The molecule has 1 aliphatic rings. The van der Waals surface area contributed by atoms with E-state index in [1.165, 1.54) is 30.5 Å². The van der Waals surface area contributed by atoms with Crippen molar-refractivity contribution >= 4 is 5.82 Å². The Balaban J connectivity index is 2.10. The first kappa shape index (κ1) is 12.1. The number of pyridine rings is 1. The van der Waals surface area contributed by atoms with Crippen LogP contribution in [0.1, 0.15) is 30.5 Å². The Morgan fingerprint density at radius 1 is 1.11 bits per heavy atom. The number of fused-ring (bicyclic) bond motifs is 1. The predicted molar refractivity (Wildman–Crippen MR) is 76.1 cm³/mol. The van der Waals surface area contributed by atoms with E-state index in [4.69, 9.17) is 4.98 Å². The lowest BCUT2D eigenvalue weighted by Gasteiger charge is -2.12. The maximum atomic E-state index is 4.76. The molecule has 4 nitrogen and oxygen atoms in total. The van der Waals surface area contributed by atoms with Crippen molar-refractivity contribution in [1.82, 2.24) is 15.0 Å². The van der Waals surface area contributed by atoms with Crippen LogP contribution in [0, 0.1) is 0 Å². The first-order valence-electron chi connectivity index (χ1n) is 6.86. The zero-order valence-corrected chi connectivity index (χ0v) is 11.2. The van der Waals surface area contributed by atoms with Crippen LogP contribution in [0.5, 0.6) is 0 Å². The van der Waals surface area contributed by atoms with Gasteiger partial charge in [-0.1, -0.05) is 6.42 Å². The smallest absolute Gasteiger partial charge is 0.163 e. The average Bonchev–Trinajstić information content (AvgIpc) is 2.72. The highest BCUT2D eigenvalue weighted by Gasteiger charge is 2.16. The zero-order chi connectivity index (χ0) is 13.1. The lowest BCUT2D eigenvalue weighted by atomic mass is 10.1. The number of rotatable bonds is 2. The third-order valence-electron chi connectivity index (χ3n) is 3.59. The van der Waals surface area contributed by atoms with Crippen LogP contribution in [-0.4, -0.2) is 22.0 Å². The number of nitrogens with zero attached hydrogens (tertiary/aromatic N) is 3. The molecule has 2 aromatic heterocycles. The van der Waals surface area contributed by atoms with Crippen molar-refractivity contribution in [3.05, 3.63) is 35.8 Å². The van der Waals surface area contributed by atoms with Gasteiger partial charge in [-0.15, -0.1) is 0 Å². The first-order valence-corrected chi connectivity index (χ1v) is 6.86. The Hall–Kier alpha value is -1.97. The van der Waals surface area contributed by atoms with Gasteiger partial charge in [-0.25, -0.2) is 9.97 Å². The van der Waals surface area contributed by atoms with Crippen molar-refractivity contribution in [2.75, 3.05) is 12.4 Å².